The van der Waals surface area contributed by atoms with Crippen molar-refractivity contribution in [2.75, 3.05) is 19.1 Å². The summed E-state index contributed by atoms with van der Waals surface area (Å²) in [4.78, 5) is 28.7. The minimum absolute atomic E-state index is 0.198. The van der Waals surface area contributed by atoms with Crippen LogP contribution in [0, 0.1) is 0 Å². The number of hydrogen-bond donors (Lipinski definition) is 1. The normalized spacial score (nSPS) is 17.5. The van der Waals surface area contributed by atoms with E-state index in [-0.39, 0.29) is 11.8 Å². The van der Waals surface area contributed by atoms with Gasteiger partial charge in [-0.2, -0.15) is 0 Å². The van der Waals surface area contributed by atoms with Crippen LogP contribution in [0.3, 0.4) is 0 Å². The maximum absolute atomic E-state index is 13.5. The van der Waals surface area contributed by atoms with Crippen molar-refractivity contribution in [1.82, 2.24) is 5.32 Å². The molecule has 1 unspecified atom stereocenters. The Morgan fingerprint density at radius 3 is 2.41 bits per heavy atom. The van der Waals surface area contributed by atoms with Gasteiger partial charge in [0.1, 0.15) is 17.0 Å². The molecule has 164 valence electrons. The number of rotatable bonds is 6. The van der Waals surface area contributed by atoms with E-state index in [2.05, 4.69) is 5.32 Å². The predicted octanol–water partition coefficient (Wildman–Crippen LogP) is 3.98. The van der Waals surface area contributed by atoms with Crippen LogP contribution in [0.2, 0.25) is 0 Å². The summed E-state index contributed by atoms with van der Waals surface area (Å²) in [6, 6.07) is 22.2. The van der Waals surface area contributed by atoms with Crippen LogP contribution in [0.15, 0.2) is 72.8 Å². The monoisotopic (exact) mass is 430 g/mol. The Kier molecular flexibility index (Phi) is 5.86. The Morgan fingerprint density at radius 2 is 1.69 bits per heavy atom. The molecule has 4 rings (SSSR count). The number of carbonyl (C=O) groups excluding carboxylic acids is 2. The molecular weight excluding hydrogens is 404 g/mol. The highest BCUT2D eigenvalue weighted by Gasteiger charge is 2.47. The number of nitrogens with one attached hydrogen (secondary N) is 1. The largest absolute Gasteiger partial charge is 0.497 e. The molecule has 0 fully saturated rings. The summed E-state index contributed by atoms with van der Waals surface area (Å²) in [5, 5.41) is 3.02. The molecule has 1 N–H and O–H groups in total. The van der Waals surface area contributed by atoms with Crippen molar-refractivity contribution in [2.24, 2.45) is 0 Å². The number of fused-ring (bicyclic) bond motifs is 1. The van der Waals surface area contributed by atoms with Crippen LogP contribution < -0.4 is 19.7 Å². The van der Waals surface area contributed by atoms with Gasteiger partial charge in [-0.3, -0.25) is 14.5 Å². The van der Waals surface area contributed by atoms with Crippen LogP contribution >= 0.6 is 0 Å². The van der Waals surface area contributed by atoms with E-state index >= 15 is 0 Å². The number of ether oxygens (including phenoxy) is 2. The first-order valence-corrected chi connectivity index (χ1v) is 10.4. The van der Waals surface area contributed by atoms with E-state index in [1.54, 1.807) is 43.4 Å². The lowest BCUT2D eigenvalue weighted by atomic mass is 9.82. The van der Waals surface area contributed by atoms with Crippen LogP contribution in [0.1, 0.15) is 28.4 Å². The molecule has 1 aliphatic rings. The molecule has 1 heterocycles. The Morgan fingerprint density at radius 1 is 0.969 bits per heavy atom. The van der Waals surface area contributed by atoms with Crippen molar-refractivity contribution >= 4 is 17.5 Å². The van der Waals surface area contributed by atoms with Crippen molar-refractivity contribution < 1.29 is 19.1 Å². The Balaban J connectivity index is 1.68. The predicted molar refractivity (Wildman–Crippen MR) is 123 cm³/mol. The zero-order chi connectivity index (χ0) is 22.7. The number of methoxy groups -OCH3 is 2. The van der Waals surface area contributed by atoms with E-state index in [1.807, 2.05) is 55.5 Å². The van der Waals surface area contributed by atoms with Crippen molar-refractivity contribution in [2.45, 2.75) is 25.4 Å². The highest BCUT2D eigenvalue weighted by molar-refractivity contribution is 6.14. The number of carbonyl (C=O) groups is 2. The fourth-order valence-corrected chi connectivity index (χ4v) is 4.15. The number of anilines is 1. The van der Waals surface area contributed by atoms with Crippen LogP contribution in [0.5, 0.6) is 11.5 Å². The number of benzene rings is 3. The average Bonchev–Trinajstić information content (AvgIpc) is 2.83. The summed E-state index contributed by atoms with van der Waals surface area (Å²) >= 11 is 0. The van der Waals surface area contributed by atoms with E-state index in [0.29, 0.717) is 30.0 Å². The third kappa shape index (κ3) is 3.91. The molecule has 3 aromatic rings. The minimum atomic E-state index is -1.10. The molecule has 1 aliphatic heterocycles. The second-order valence-electron chi connectivity index (χ2n) is 7.98. The fourth-order valence-electron chi connectivity index (χ4n) is 4.15. The molecule has 6 heteroatoms. The summed E-state index contributed by atoms with van der Waals surface area (Å²) in [6.07, 6.45) is 0.408. The molecule has 32 heavy (non-hydrogen) atoms. The molecule has 0 aliphatic carbocycles. The lowest BCUT2D eigenvalue weighted by Gasteiger charge is -2.44. The molecule has 2 amide bonds. The molecule has 0 aromatic heterocycles. The first-order valence-electron chi connectivity index (χ1n) is 10.4. The van der Waals surface area contributed by atoms with Crippen molar-refractivity contribution in [1.29, 1.82) is 0 Å². The average molecular weight is 431 g/mol. The summed E-state index contributed by atoms with van der Waals surface area (Å²) in [5.74, 6) is 0.988. The Bertz CT molecular complexity index is 1140. The molecule has 6 nitrogen and oxygen atoms in total. The zero-order valence-corrected chi connectivity index (χ0v) is 18.4. The maximum atomic E-state index is 13.5. The molecule has 0 saturated heterocycles. The molecule has 3 aromatic carbocycles. The Hall–Kier alpha value is -3.80. The molecular formula is C26H26N2O4. The maximum Gasteiger partial charge on any atom is 0.259 e. The SMILES string of the molecule is COc1ccc(N2C(=O)c3ccccc3CC2(C)C(=O)NCc2cccc(OC)c2)cc1. The number of amides is 2. The third-order valence-electron chi connectivity index (χ3n) is 5.89. The topological polar surface area (TPSA) is 67.9 Å². The van der Waals surface area contributed by atoms with E-state index in [1.165, 1.54) is 0 Å². The molecule has 0 bridgehead atoms. The van der Waals surface area contributed by atoms with Gasteiger partial charge in [-0.15, -0.1) is 0 Å². The van der Waals surface area contributed by atoms with Gasteiger partial charge < -0.3 is 14.8 Å². The second-order valence-corrected chi connectivity index (χ2v) is 7.98. The highest BCUT2D eigenvalue weighted by Crippen LogP contribution is 2.36. The van der Waals surface area contributed by atoms with Crippen LogP contribution in [-0.4, -0.2) is 31.6 Å². The summed E-state index contributed by atoms with van der Waals surface area (Å²) < 4.78 is 10.5. The first kappa shape index (κ1) is 21.4. The van der Waals surface area contributed by atoms with Gasteiger partial charge in [0.05, 0.1) is 14.2 Å². The van der Waals surface area contributed by atoms with E-state index in [9.17, 15) is 9.59 Å². The lowest BCUT2D eigenvalue weighted by molar-refractivity contribution is -0.126. The van der Waals surface area contributed by atoms with Crippen LogP contribution in [0.4, 0.5) is 5.69 Å². The van der Waals surface area contributed by atoms with Crippen LogP contribution in [-0.2, 0) is 17.8 Å². The molecule has 0 radical (unpaired) electrons. The number of hydrogen-bond acceptors (Lipinski definition) is 4. The summed E-state index contributed by atoms with van der Waals surface area (Å²) in [6.45, 7) is 2.14. The second kappa shape index (κ2) is 8.75. The summed E-state index contributed by atoms with van der Waals surface area (Å²) in [5.41, 5.74) is 1.94. The first-order chi connectivity index (χ1) is 15.5. The minimum Gasteiger partial charge on any atom is -0.497 e. The Labute approximate surface area is 187 Å². The van der Waals surface area contributed by atoms with Gasteiger partial charge >= 0.3 is 0 Å². The van der Waals surface area contributed by atoms with Gasteiger partial charge in [0.25, 0.3) is 5.91 Å². The van der Waals surface area contributed by atoms with Crippen LogP contribution in [0.25, 0.3) is 0 Å². The van der Waals surface area contributed by atoms with Gasteiger partial charge in [-0.1, -0.05) is 30.3 Å². The lowest BCUT2D eigenvalue weighted by Crippen LogP contribution is -2.63. The number of nitrogens with zero attached hydrogens (tertiary/aromatic N) is 1. The quantitative estimate of drug-likeness (QED) is 0.642. The third-order valence-corrected chi connectivity index (χ3v) is 5.89. The smallest absolute Gasteiger partial charge is 0.259 e. The zero-order valence-electron chi connectivity index (χ0n) is 18.4. The molecule has 0 spiro atoms. The molecule has 0 saturated carbocycles. The van der Waals surface area contributed by atoms with E-state index < -0.39 is 5.54 Å². The van der Waals surface area contributed by atoms with Gasteiger partial charge in [0, 0.05) is 24.2 Å². The standard InChI is InChI=1S/C26H26N2O4/c1-26(25(30)27-17-18-7-6-9-22(15-18)32-3)16-19-8-4-5-10-23(19)24(29)28(26)20-11-13-21(31-2)14-12-20/h4-15H,16-17H2,1-3H3,(H,27,30). The van der Waals surface area contributed by atoms with Crippen molar-refractivity contribution in [3.63, 3.8) is 0 Å². The van der Waals surface area contributed by atoms with E-state index in [4.69, 9.17) is 9.47 Å². The van der Waals surface area contributed by atoms with Gasteiger partial charge in [-0.05, 0) is 60.5 Å². The van der Waals surface area contributed by atoms with Crippen molar-refractivity contribution in [3.8, 4) is 11.5 Å². The molecule has 1 atom stereocenters. The van der Waals surface area contributed by atoms with Gasteiger partial charge in [-0.25, -0.2) is 0 Å². The van der Waals surface area contributed by atoms with Gasteiger partial charge in [0.15, 0.2) is 0 Å². The van der Waals surface area contributed by atoms with Crippen molar-refractivity contribution in [3.05, 3.63) is 89.5 Å². The van der Waals surface area contributed by atoms with E-state index in [0.717, 1.165) is 16.9 Å². The summed E-state index contributed by atoms with van der Waals surface area (Å²) in [7, 11) is 3.20. The highest BCUT2D eigenvalue weighted by atomic mass is 16.5. The fraction of sp³-hybridized carbons (Fsp3) is 0.231. The van der Waals surface area contributed by atoms with Gasteiger partial charge in [0.2, 0.25) is 5.91 Å².